The molecule has 0 aliphatic heterocycles. The number of aliphatic hydroxyl groups excluding tert-OH is 1. The molecule has 0 bridgehead atoms. The van der Waals surface area contributed by atoms with Crippen LogP contribution in [0.15, 0.2) is 16.9 Å². The van der Waals surface area contributed by atoms with Gasteiger partial charge in [0.2, 0.25) is 0 Å². The fraction of sp³-hybridized carbons (Fsp3) is 0.583. The van der Waals surface area contributed by atoms with E-state index in [0.29, 0.717) is 6.54 Å². The minimum absolute atomic E-state index is 0.141. The summed E-state index contributed by atoms with van der Waals surface area (Å²) in [6.45, 7) is 2.35. The lowest BCUT2D eigenvalue weighted by atomic mass is 10.3. The number of aromatic nitrogens is 2. The molecule has 1 amide bonds. The molecule has 0 saturated heterocycles. The second kappa shape index (κ2) is 7.65. The summed E-state index contributed by atoms with van der Waals surface area (Å²) in [5.74, 6) is -0.444. The van der Waals surface area contributed by atoms with E-state index in [9.17, 15) is 9.59 Å². The van der Waals surface area contributed by atoms with Gasteiger partial charge in [0.1, 0.15) is 5.69 Å². The zero-order valence-electron chi connectivity index (χ0n) is 11.1. The number of hydrogen-bond acceptors (Lipinski definition) is 5. The van der Waals surface area contributed by atoms with Crippen LogP contribution < -0.4 is 10.9 Å². The lowest BCUT2D eigenvalue weighted by Crippen LogP contribution is -2.41. The summed E-state index contributed by atoms with van der Waals surface area (Å²) in [7, 11) is 1.48. The number of methoxy groups -OCH3 is 1. The van der Waals surface area contributed by atoms with Gasteiger partial charge < -0.3 is 15.2 Å². The number of carbonyl (C=O) groups excluding carboxylic acids is 1. The van der Waals surface area contributed by atoms with Gasteiger partial charge in [0.05, 0.1) is 19.3 Å². The van der Waals surface area contributed by atoms with Gasteiger partial charge in [-0.1, -0.05) is 6.92 Å². The molecule has 1 unspecified atom stereocenters. The van der Waals surface area contributed by atoms with E-state index in [0.717, 1.165) is 6.42 Å². The van der Waals surface area contributed by atoms with Gasteiger partial charge in [0.15, 0.2) is 0 Å². The average molecular weight is 269 g/mol. The van der Waals surface area contributed by atoms with E-state index in [2.05, 4.69) is 10.4 Å². The zero-order valence-corrected chi connectivity index (χ0v) is 11.1. The third-order valence-corrected chi connectivity index (χ3v) is 2.46. The molecule has 0 saturated carbocycles. The summed E-state index contributed by atoms with van der Waals surface area (Å²) in [4.78, 5) is 23.4. The van der Waals surface area contributed by atoms with E-state index in [-0.39, 0.29) is 24.5 Å². The Bertz CT molecular complexity index is 472. The number of amides is 1. The lowest BCUT2D eigenvalue weighted by molar-refractivity contribution is 0.0832. The molecule has 0 radical (unpaired) electrons. The molecule has 1 heterocycles. The van der Waals surface area contributed by atoms with Gasteiger partial charge in [-0.25, -0.2) is 4.68 Å². The predicted molar refractivity (Wildman–Crippen MR) is 69.0 cm³/mol. The van der Waals surface area contributed by atoms with Crippen molar-refractivity contribution in [2.45, 2.75) is 25.9 Å². The van der Waals surface area contributed by atoms with E-state index >= 15 is 0 Å². The van der Waals surface area contributed by atoms with Crippen LogP contribution in [0.25, 0.3) is 0 Å². The van der Waals surface area contributed by atoms with Crippen LogP contribution in [0.1, 0.15) is 23.8 Å². The third-order valence-electron chi connectivity index (χ3n) is 2.46. The van der Waals surface area contributed by atoms with Crippen LogP contribution in [-0.4, -0.2) is 47.2 Å². The van der Waals surface area contributed by atoms with E-state index < -0.39 is 11.9 Å². The summed E-state index contributed by atoms with van der Waals surface area (Å²) in [6.07, 6.45) is 0.751. The average Bonchev–Trinajstić information content (AvgIpc) is 2.40. The number of ether oxygens (including phenoxy) is 1. The van der Waals surface area contributed by atoms with Crippen molar-refractivity contribution in [3.8, 4) is 0 Å². The molecule has 1 rings (SSSR count). The van der Waals surface area contributed by atoms with E-state index in [4.69, 9.17) is 9.84 Å². The molecule has 7 heteroatoms. The predicted octanol–water partition coefficient (Wildman–Crippen LogP) is -0.610. The molecule has 0 aromatic carbocycles. The monoisotopic (exact) mass is 269 g/mol. The molecular weight excluding hydrogens is 250 g/mol. The van der Waals surface area contributed by atoms with Gasteiger partial charge >= 0.3 is 0 Å². The highest BCUT2D eigenvalue weighted by Crippen LogP contribution is 1.94. The Labute approximate surface area is 111 Å². The van der Waals surface area contributed by atoms with Crippen LogP contribution in [0.5, 0.6) is 0 Å². The number of carbonyl (C=O) groups is 1. The van der Waals surface area contributed by atoms with E-state index in [1.165, 1.54) is 23.9 Å². The number of aliphatic hydroxyl groups is 1. The normalized spacial score (nSPS) is 12.2. The minimum atomic E-state index is -0.495. The Morgan fingerprint density at radius 1 is 1.58 bits per heavy atom. The molecule has 1 aromatic heterocycles. The minimum Gasteiger partial charge on any atom is -0.394 e. The zero-order chi connectivity index (χ0) is 14.3. The first kappa shape index (κ1) is 15.3. The van der Waals surface area contributed by atoms with Crippen molar-refractivity contribution in [1.29, 1.82) is 0 Å². The van der Waals surface area contributed by atoms with Crippen molar-refractivity contribution < 1.29 is 14.6 Å². The number of nitrogens with zero attached hydrogens (tertiary/aromatic N) is 2. The summed E-state index contributed by atoms with van der Waals surface area (Å²) < 4.78 is 6.11. The Morgan fingerprint density at radius 3 is 2.89 bits per heavy atom. The Balaban J connectivity index is 2.81. The van der Waals surface area contributed by atoms with Crippen LogP contribution in [-0.2, 0) is 11.3 Å². The van der Waals surface area contributed by atoms with Crippen LogP contribution in [0, 0.1) is 0 Å². The van der Waals surface area contributed by atoms with Gasteiger partial charge in [-0.15, -0.1) is 0 Å². The summed E-state index contributed by atoms with van der Waals surface area (Å²) in [5, 5.41) is 15.6. The van der Waals surface area contributed by atoms with Gasteiger partial charge in [-0.05, 0) is 12.5 Å². The maximum atomic E-state index is 11.9. The topological polar surface area (TPSA) is 93.5 Å². The molecule has 1 aromatic rings. The highest BCUT2D eigenvalue weighted by atomic mass is 16.5. The molecule has 1 atom stereocenters. The van der Waals surface area contributed by atoms with Crippen molar-refractivity contribution in [1.82, 2.24) is 15.1 Å². The van der Waals surface area contributed by atoms with Gasteiger partial charge in [-0.3, -0.25) is 9.59 Å². The first-order valence-corrected chi connectivity index (χ1v) is 6.11. The van der Waals surface area contributed by atoms with E-state index in [1.54, 1.807) is 0 Å². The van der Waals surface area contributed by atoms with Crippen molar-refractivity contribution in [2.75, 3.05) is 20.3 Å². The Morgan fingerprint density at radius 2 is 2.32 bits per heavy atom. The fourth-order valence-corrected chi connectivity index (χ4v) is 1.54. The maximum absolute atomic E-state index is 11.9. The highest BCUT2D eigenvalue weighted by Gasteiger charge is 2.14. The fourth-order valence-electron chi connectivity index (χ4n) is 1.54. The van der Waals surface area contributed by atoms with Gasteiger partial charge in [0.25, 0.3) is 11.5 Å². The van der Waals surface area contributed by atoms with Crippen molar-refractivity contribution in [3.05, 3.63) is 28.2 Å². The summed E-state index contributed by atoms with van der Waals surface area (Å²) in [5.41, 5.74) is -0.100. The molecule has 106 valence electrons. The number of rotatable bonds is 7. The van der Waals surface area contributed by atoms with Crippen molar-refractivity contribution in [2.24, 2.45) is 0 Å². The van der Waals surface area contributed by atoms with Crippen LogP contribution in [0.4, 0.5) is 0 Å². The SMILES string of the molecule is CCCn1nc(C(=O)NC(CO)COC)ccc1=O. The molecule has 2 N–H and O–H groups in total. The number of nitrogens with one attached hydrogen (secondary N) is 1. The number of hydrogen-bond donors (Lipinski definition) is 2. The largest absolute Gasteiger partial charge is 0.394 e. The number of aryl methyl sites for hydroxylation is 1. The first-order valence-electron chi connectivity index (χ1n) is 6.11. The van der Waals surface area contributed by atoms with Gasteiger partial charge in [-0.2, -0.15) is 5.10 Å². The second-order valence-corrected chi connectivity index (χ2v) is 4.09. The smallest absolute Gasteiger partial charge is 0.272 e. The summed E-state index contributed by atoms with van der Waals surface area (Å²) in [6, 6.07) is 2.18. The molecular formula is C12H19N3O4. The van der Waals surface area contributed by atoms with Crippen molar-refractivity contribution in [3.63, 3.8) is 0 Å². The molecule has 7 nitrogen and oxygen atoms in total. The Hall–Kier alpha value is -1.73. The van der Waals surface area contributed by atoms with Crippen LogP contribution in [0.3, 0.4) is 0 Å². The summed E-state index contributed by atoms with van der Waals surface area (Å²) >= 11 is 0. The highest BCUT2D eigenvalue weighted by molar-refractivity contribution is 5.92. The van der Waals surface area contributed by atoms with Crippen molar-refractivity contribution >= 4 is 5.91 Å². The molecule has 0 fully saturated rings. The third kappa shape index (κ3) is 4.46. The van der Waals surface area contributed by atoms with E-state index in [1.807, 2.05) is 6.92 Å². The van der Waals surface area contributed by atoms with Crippen LogP contribution >= 0.6 is 0 Å². The maximum Gasteiger partial charge on any atom is 0.272 e. The first-order chi connectivity index (χ1) is 9.12. The molecule has 19 heavy (non-hydrogen) atoms. The lowest BCUT2D eigenvalue weighted by Gasteiger charge is -2.15. The second-order valence-electron chi connectivity index (χ2n) is 4.09. The molecule has 0 spiro atoms. The molecule has 0 aliphatic carbocycles. The van der Waals surface area contributed by atoms with Crippen LogP contribution in [0.2, 0.25) is 0 Å². The quantitative estimate of drug-likeness (QED) is 0.689. The Kier molecular flexibility index (Phi) is 6.17. The van der Waals surface area contributed by atoms with Gasteiger partial charge in [0, 0.05) is 19.7 Å². The standard InChI is InChI=1S/C12H19N3O4/c1-3-6-15-11(17)5-4-10(14-15)12(18)13-9(7-16)8-19-2/h4-5,9,16H,3,6-8H2,1-2H3,(H,13,18). The molecule has 0 aliphatic rings.